The van der Waals surface area contributed by atoms with Gasteiger partial charge in [-0.2, -0.15) is 5.26 Å². The van der Waals surface area contributed by atoms with E-state index < -0.39 is 17.2 Å². The van der Waals surface area contributed by atoms with E-state index in [1.807, 2.05) is 4.90 Å². The fourth-order valence-corrected chi connectivity index (χ4v) is 5.23. The number of nitrogens with one attached hydrogen (secondary N) is 1. The largest absolute Gasteiger partial charge is 0.492 e. The SMILES string of the molecule is COc1c(N2CC3=CCC(NCCC#N)C3C2)c(F)cc2c(=O)c(C(=O)O)cn(C3CC3)c12. The molecule has 1 aliphatic heterocycles. The van der Waals surface area contributed by atoms with E-state index in [4.69, 9.17) is 10.00 Å². The highest BCUT2D eigenvalue weighted by Crippen LogP contribution is 2.46. The number of benzene rings is 1. The molecule has 2 fully saturated rings. The van der Waals surface area contributed by atoms with Crippen molar-refractivity contribution in [1.29, 1.82) is 5.26 Å². The van der Waals surface area contributed by atoms with Gasteiger partial charge in [-0.15, -0.1) is 0 Å². The highest BCUT2D eigenvalue weighted by molar-refractivity contribution is 5.97. The summed E-state index contributed by atoms with van der Waals surface area (Å²) in [6, 6.07) is 3.57. The molecule has 1 saturated heterocycles. The van der Waals surface area contributed by atoms with Crippen molar-refractivity contribution in [3.05, 3.63) is 45.5 Å². The Kier molecular flexibility index (Phi) is 5.33. The van der Waals surface area contributed by atoms with Gasteiger partial charge < -0.3 is 24.6 Å². The Morgan fingerprint density at radius 2 is 2.21 bits per heavy atom. The minimum absolute atomic E-state index is 0.0227. The number of methoxy groups -OCH3 is 1. The highest BCUT2D eigenvalue weighted by Gasteiger charge is 2.39. The average molecular weight is 452 g/mol. The molecular weight excluding hydrogens is 427 g/mol. The van der Waals surface area contributed by atoms with E-state index in [1.54, 1.807) is 4.57 Å². The standard InChI is InChI=1S/C24H25FN4O4/c1-33-23-20-15(22(30)17(24(31)32)12-29(20)14-4-5-14)9-18(25)21(23)28-10-13-3-6-19(16(13)11-28)27-8-2-7-26/h3,9,12,14,16,19,27H,2,4-6,8,10-11H2,1H3,(H,31,32). The fourth-order valence-electron chi connectivity index (χ4n) is 5.23. The predicted octanol–water partition coefficient (Wildman–Crippen LogP) is 2.82. The summed E-state index contributed by atoms with van der Waals surface area (Å²) in [5.41, 5.74) is 0.901. The van der Waals surface area contributed by atoms with Gasteiger partial charge in [0, 0.05) is 50.3 Å². The molecule has 0 bridgehead atoms. The third kappa shape index (κ3) is 3.55. The summed E-state index contributed by atoms with van der Waals surface area (Å²) in [6.45, 7) is 1.77. The zero-order valence-corrected chi connectivity index (χ0v) is 18.3. The normalized spacial score (nSPS) is 21.7. The number of ether oxygens (including phenoxy) is 1. The van der Waals surface area contributed by atoms with Crippen LogP contribution in [0.25, 0.3) is 10.9 Å². The molecule has 2 aliphatic carbocycles. The second kappa shape index (κ2) is 8.19. The second-order valence-electron chi connectivity index (χ2n) is 8.92. The molecule has 0 amide bonds. The summed E-state index contributed by atoms with van der Waals surface area (Å²) in [7, 11) is 1.45. The van der Waals surface area contributed by atoms with Gasteiger partial charge in [0.15, 0.2) is 11.6 Å². The Bertz CT molecular complexity index is 1270. The second-order valence-corrected chi connectivity index (χ2v) is 8.92. The van der Waals surface area contributed by atoms with E-state index in [0.717, 1.165) is 25.3 Å². The van der Waals surface area contributed by atoms with Gasteiger partial charge >= 0.3 is 5.97 Å². The van der Waals surface area contributed by atoms with Crippen LogP contribution in [0.15, 0.2) is 28.7 Å². The molecule has 2 aromatic rings. The predicted molar refractivity (Wildman–Crippen MR) is 120 cm³/mol. The van der Waals surface area contributed by atoms with Gasteiger partial charge in [-0.1, -0.05) is 6.08 Å². The maximum atomic E-state index is 15.5. The summed E-state index contributed by atoms with van der Waals surface area (Å²) in [5, 5.41) is 21.7. The molecular formula is C24H25FN4O4. The number of hydrogen-bond donors (Lipinski definition) is 2. The number of aromatic carboxylic acids is 1. The van der Waals surface area contributed by atoms with Gasteiger partial charge in [0.25, 0.3) is 0 Å². The molecule has 0 spiro atoms. The monoisotopic (exact) mass is 452 g/mol. The van der Waals surface area contributed by atoms with Crippen molar-refractivity contribution >= 4 is 22.6 Å². The number of carboxylic acid groups (broad SMARTS) is 1. The van der Waals surface area contributed by atoms with E-state index in [9.17, 15) is 14.7 Å². The molecule has 3 aliphatic rings. The molecule has 2 heterocycles. The van der Waals surface area contributed by atoms with E-state index >= 15 is 4.39 Å². The van der Waals surface area contributed by atoms with Crippen molar-refractivity contribution in [3.8, 4) is 11.8 Å². The van der Waals surface area contributed by atoms with Gasteiger partial charge in [-0.05, 0) is 30.9 Å². The third-order valence-electron chi connectivity index (χ3n) is 6.92. The first kappa shape index (κ1) is 21.5. The lowest BCUT2D eigenvalue weighted by atomic mass is 10.0. The molecule has 33 heavy (non-hydrogen) atoms. The van der Waals surface area contributed by atoms with Crippen molar-refractivity contribution in [2.75, 3.05) is 31.6 Å². The minimum atomic E-state index is -1.33. The van der Waals surface area contributed by atoms with Crippen LogP contribution in [0.3, 0.4) is 0 Å². The Labute approximate surface area is 189 Å². The summed E-state index contributed by atoms with van der Waals surface area (Å²) in [4.78, 5) is 26.5. The van der Waals surface area contributed by atoms with Crippen LogP contribution in [-0.4, -0.2) is 48.4 Å². The number of aromatic nitrogens is 1. The zero-order chi connectivity index (χ0) is 23.3. The van der Waals surface area contributed by atoms with E-state index in [-0.39, 0.29) is 34.7 Å². The van der Waals surface area contributed by atoms with Gasteiger partial charge in [0.05, 0.1) is 24.1 Å². The van der Waals surface area contributed by atoms with E-state index in [0.29, 0.717) is 37.3 Å². The van der Waals surface area contributed by atoms with Crippen molar-refractivity contribution < 1.29 is 19.0 Å². The molecule has 5 rings (SSSR count). The number of pyridine rings is 1. The van der Waals surface area contributed by atoms with Crippen LogP contribution in [0, 0.1) is 23.1 Å². The van der Waals surface area contributed by atoms with Crippen LogP contribution in [0.2, 0.25) is 0 Å². The Balaban J connectivity index is 1.59. The molecule has 1 aromatic carbocycles. The molecule has 8 nitrogen and oxygen atoms in total. The van der Waals surface area contributed by atoms with Crippen LogP contribution in [0.5, 0.6) is 5.75 Å². The number of anilines is 1. The first-order valence-electron chi connectivity index (χ1n) is 11.2. The quantitative estimate of drug-likeness (QED) is 0.491. The van der Waals surface area contributed by atoms with Crippen molar-refractivity contribution in [2.24, 2.45) is 5.92 Å². The van der Waals surface area contributed by atoms with Crippen LogP contribution < -0.4 is 20.4 Å². The first-order valence-corrected chi connectivity index (χ1v) is 11.2. The number of halogens is 1. The summed E-state index contributed by atoms with van der Waals surface area (Å²) in [5.74, 6) is -1.45. The summed E-state index contributed by atoms with van der Waals surface area (Å²) >= 11 is 0. The molecule has 0 radical (unpaired) electrons. The summed E-state index contributed by atoms with van der Waals surface area (Å²) in [6.07, 6.45) is 6.59. The first-order chi connectivity index (χ1) is 15.9. The molecule has 1 aromatic heterocycles. The van der Waals surface area contributed by atoms with Gasteiger partial charge in [-0.25, -0.2) is 9.18 Å². The van der Waals surface area contributed by atoms with Crippen LogP contribution in [-0.2, 0) is 0 Å². The van der Waals surface area contributed by atoms with Gasteiger partial charge in [0.2, 0.25) is 5.43 Å². The zero-order valence-electron chi connectivity index (χ0n) is 18.3. The number of hydrogen-bond acceptors (Lipinski definition) is 6. The van der Waals surface area contributed by atoms with Gasteiger partial charge in [-0.3, -0.25) is 4.79 Å². The highest BCUT2D eigenvalue weighted by atomic mass is 19.1. The Morgan fingerprint density at radius 3 is 2.88 bits per heavy atom. The summed E-state index contributed by atoms with van der Waals surface area (Å²) < 4.78 is 23.0. The third-order valence-corrected chi connectivity index (χ3v) is 6.92. The number of rotatable bonds is 7. The minimum Gasteiger partial charge on any atom is -0.492 e. The van der Waals surface area contributed by atoms with Crippen molar-refractivity contribution in [3.63, 3.8) is 0 Å². The van der Waals surface area contributed by atoms with E-state index in [1.165, 1.54) is 18.9 Å². The fraction of sp³-hybridized carbons (Fsp3) is 0.458. The lowest BCUT2D eigenvalue weighted by Gasteiger charge is -2.26. The Morgan fingerprint density at radius 1 is 1.42 bits per heavy atom. The van der Waals surface area contributed by atoms with Crippen LogP contribution in [0.1, 0.15) is 42.1 Å². The van der Waals surface area contributed by atoms with Crippen LogP contribution in [0.4, 0.5) is 10.1 Å². The van der Waals surface area contributed by atoms with Gasteiger partial charge in [0.1, 0.15) is 11.3 Å². The average Bonchev–Trinajstić information content (AvgIpc) is 3.44. The molecule has 172 valence electrons. The molecule has 2 atom stereocenters. The lowest BCUT2D eigenvalue weighted by molar-refractivity contribution is 0.0695. The molecule has 2 N–H and O–H groups in total. The smallest absolute Gasteiger partial charge is 0.341 e. The van der Waals surface area contributed by atoms with Crippen LogP contribution >= 0.6 is 0 Å². The number of carboxylic acids is 1. The van der Waals surface area contributed by atoms with E-state index in [2.05, 4.69) is 17.5 Å². The number of carbonyl (C=O) groups is 1. The Hall–Kier alpha value is -3.38. The number of fused-ring (bicyclic) bond motifs is 2. The maximum absolute atomic E-state index is 15.5. The van der Waals surface area contributed by atoms with Crippen molar-refractivity contribution in [1.82, 2.24) is 9.88 Å². The molecule has 9 heteroatoms. The van der Waals surface area contributed by atoms with Crippen molar-refractivity contribution in [2.45, 2.75) is 37.8 Å². The molecule has 1 saturated carbocycles. The molecule has 2 unspecified atom stereocenters. The number of nitriles is 1. The number of nitrogens with zero attached hydrogens (tertiary/aromatic N) is 3. The lowest BCUT2D eigenvalue weighted by Crippen LogP contribution is -2.36. The topological polar surface area (TPSA) is 108 Å². The maximum Gasteiger partial charge on any atom is 0.341 e.